The number of benzene rings is 1. The molecular weight excluding hydrogens is 254 g/mol. The second kappa shape index (κ2) is 5.06. The van der Waals surface area contributed by atoms with E-state index in [4.69, 9.17) is 0 Å². The zero-order valence-corrected chi connectivity index (χ0v) is 11.1. The highest BCUT2D eigenvalue weighted by atomic mass is 32.2. The molecule has 2 atom stereocenters. The smallest absolute Gasteiger partial charge is 0.261 e. The molecule has 0 radical (unpaired) electrons. The monoisotopic (exact) mass is 267 g/mol. The topological polar surface area (TPSA) is 46.2 Å². The molecule has 2 rings (SSSR count). The lowest BCUT2D eigenvalue weighted by Crippen LogP contribution is -2.21. The van der Waals surface area contributed by atoms with Gasteiger partial charge in [0.25, 0.3) is 5.91 Å². The van der Waals surface area contributed by atoms with Crippen LogP contribution in [0.4, 0.5) is 0 Å². The summed E-state index contributed by atoms with van der Waals surface area (Å²) in [5.41, 5.74) is 2.11. The molecule has 1 aromatic carbocycles. The van der Waals surface area contributed by atoms with Crippen molar-refractivity contribution in [2.24, 2.45) is 0 Å². The number of aryl methyl sites for hydroxylation is 1. The molecule has 3 nitrogen and oxygen atoms in total. The van der Waals surface area contributed by atoms with Crippen molar-refractivity contribution in [3.63, 3.8) is 0 Å². The van der Waals surface area contributed by atoms with E-state index in [0.717, 1.165) is 12.0 Å². The Bertz CT molecular complexity index is 494. The Hall–Kier alpha value is -1.07. The molecule has 0 spiro atoms. The second-order valence-electron chi connectivity index (χ2n) is 3.73. The highest BCUT2D eigenvalue weighted by Crippen LogP contribution is 2.20. The Morgan fingerprint density at radius 2 is 2.06 bits per heavy atom. The Kier molecular flexibility index (Phi) is 3.69. The van der Waals surface area contributed by atoms with Gasteiger partial charge in [-0.1, -0.05) is 31.2 Å². The minimum atomic E-state index is -1.38. The largest absolute Gasteiger partial charge is 0.329 e. The van der Waals surface area contributed by atoms with Gasteiger partial charge in [0.05, 0.1) is 10.8 Å². The number of carbonyl (C=O) groups excluding carboxylic acids is 1. The van der Waals surface area contributed by atoms with Crippen LogP contribution in [0.2, 0.25) is 0 Å². The van der Waals surface area contributed by atoms with Crippen LogP contribution in [-0.2, 0) is 22.0 Å². The number of nitrogens with one attached hydrogen (secondary N) is 1. The van der Waals surface area contributed by atoms with Gasteiger partial charge in [-0.2, -0.15) is 0 Å². The van der Waals surface area contributed by atoms with Crippen molar-refractivity contribution in [3.8, 4) is 0 Å². The van der Waals surface area contributed by atoms with Crippen molar-refractivity contribution in [2.45, 2.75) is 18.1 Å². The number of hydrogen-bond donors (Lipinski definition) is 2. The molecule has 0 aromatic heterocycles. The number of amides is 1. The van der Waals surface area contributed by atoms with E-state index in [1.807, 2.05) is 24.3 Å². The van der Waals surface area contributed by atoms with Crippen LogP contribution in [0.25, 0.3) is 6.08 Å². The molecule has 1 heterocycles. The Labute approximate surface area is 108 Å². The van der Waals surface area contributed by atoms with Crippen molar-refractivity contribution in [2.75, 3.05) is 0 Å². The van der Waals surface area contributed by atoms with Crippen molar-refractivity contribution < 1.29 is 9.00 Å². The van der Waals surface area contributed by atoms with Gasteiger partial charge in [0.1, 0.15) is 4.91 Å². The first kappa shape index (κ1) is 12.4. The van der Waals surface area contributed by atoms with Gasteiger partial charge < -0.3 is 5.32 Å². The van der Waals surface area contributed by atoms with E-state index in [9.17, 15) is 9.00 Å². The van der Waals surface area contributed by atoms with E-state index < -0.39 is 15.5 Å². The van der Waals surface area contributed by atoms with Gasteiger partial charge in [0, 0.05) is 0 Å². The summed E-state index contributed by atoms with van der Waals surface area (Å²) in [6.07, 6.45) is 2.63. The molecule has 1 aliphatic rings. The Morgan fingerprint density at radius 3 is 2.53 bits per heavy atom. The summed E-state index contributed by atoms with van der Waals surface area (Å²) >= 11 is 4.03. The predicted octanol–water partition coefficient (Wildman–Crippen LogP) is 1.68. The fourth-order valence-corrected chi connectivity index (χ4v) is 2.98. The van der Waals surface area contributed by atoms with Crippen LogP contribution in [0.1, 0.15) is 18.1 Å². The summed E-state index contributed by atoms with van der Waals surface area (Å²) < 4.78 is 11.1. The Balaban J connectivity index is 2.29. The number of thiol groups is 1. The van der Waals surface area contributed by atoms with Crippen LogP contribution < -0.4 is 5.32 Å². The fraction of sp³-hybridized carbons (Fsp3) is 0.250. The summed E-state index contributed by atoms with van der Waals surface area (Å²) in [5, 5.41) is 2.52. The molecule has 1 saturated heterocycles. The standard InChI is InChI=1S/C12H13NO2S2/c1-2-8-3-5-9(6-4-8)7-10-11(14)13-12(16)17(10)15/h3-7,12,16H,2H2,1H3,(H,13,14)/b10-7+. The van der Waals surface area contributed by atoms with Gasteiger partial charge in [-0.15, -0.1) is 12.6 Å². The quantitative estimate of drug-likeness (QED) is 0.632. The lowest BCUT2D eigenvalue weighted by Gasteiger charge is -1.98. The summed E-state index contributed by atoms with van der Waals surface area (Å²) in [4.78, 5) is 11.8. The molecule has 0 saturated carbocycles. The molecule has 1 amide bonds. The number of rotatable bonds is 2. The molecule has 5 heteroatoms. The van der Waals surface area contributed by atoms with Gasteiger partial charge in [-0.05, 0) is 23.6 Å². The average molecular weight is 267 g/mol. The van der Waals surface area contributed by atoms with Crippen molar-refractivity contribution >= 4 is 35.4 Å². The maximum atomic E-state index is 11.7. The molecule has 2 unspecified atom stereocenters. The van der Waals surface area contributed by atoms with E-state index in [0.29, 0.717) is 0 Å². The first-order chi connectivity index (χ1) is 8.11. The lowest BCUT2D eigenvalue weighted by atomic mass is 10.1. The molecule has 0 aliphatic carbocycles. The second-order valence-corrected chi connectivity index (χ2v) is 6.10. The maximum Gasteiger partial charge on any atom is 0.261 e. The highest BCUT2D eigenvalue weighted by molar-refractivity contribution is 8.04. The fourth-order valence-electron chi connectivity index (χ4n) is 1.57. The van der Waals surface area contributed by atoms with Crippen molar-refractivity contribution in [1.29, 1.82) is 0 Å². The first-order valence-electron chi connectivity index (χ1n) is 5.32. The number of hydrogen-bond acceptors (Lipinski definition) is 3. The van der Waals surface area contributed by atoms with E-state index in [1.54, 1.807) is 6.08 Å². The summed E-state index contributed by atoms with van der Waals surface area (Å²) in [6.45, 7) is 2.08. The van der Waals surface area contributed by atoms with Crippen molar-refractivity contribution in [1.82, 2.24) is 5.32 Å². The van der Waals surface area contributed by atoms with Crippen LogP contribution in [0.5, 0.6) is 0 Å². The zero-order chi connectivity index (χ0) is 12.4. The van der Waals surface area contributed by atoms with Gasteiger partial charge in [-0.3, -0.25) is 9.00 Å². The summed E-state index contributed by atoms with van der Waals surface area (Å²) in [6, 6.07) is 7.84. The normalized spacial score (nSPS) is 26.2. The molecular formula is C12H13NO2S2. The van der Waals surface area contributed by atoms with Gasteiger partial charge in [0.15, 0.2) is 4.71 Å². The van der Waals surface area contributed by atoms with Gasteiger partial charge in [0.2, 0.25) is 0 Å². The van der Waals surface area contributed by atoms with Gasteiger partial charge >= 0.3 is 0 Å². The van der Waals surface area contributed by atoms with Crippen LogP contribution in [0, 0.1) is 0 Å². The predicted molar refractivity (Wildman–Crippen MR) is 72.9 cm³/mol. The molecule has 1 aromatic rings. The summed E-state index contributed by atoms with van der Waals surface area (Å²) in [5.74, 6) is -0.303. The van der Waals surface area contributed by atoms with E-state index in [2.05, 4.69) is 24.9 Å². The maximum absolute atomic E-state index is 11.7. The zero-order valence-electron chi connectivity index (χ0n) is 9.34. The van der Waals surface area contributed by atoms with E-state index in [-0.39, 0.29) is 10.8 Å². The minimum absolute atomic E-state index is 0.286. The molecule has 0 bridgehead atoms. The third-order valence-corrected chi connectivity index (χ3v) is 4.55. The third-order valence-electron chi connectivity index (χ3n) is 2.58. The molecule has 90 valence electrons. The van der Waals surface area contributed by atoms with Crippen LogP contribution in [0.15, 0.2) is 29.2 Å². The van der Waals surface area contributed by atoms with Crippen LogP contribution in [-0.4, -0.2) is 14.8 Å². The van der Waals surface area contributed by atoms with Crippen molar-refractivity contribution in [3.05, 3.63) is 40.3 Å². The molecule has 1 aliphatic heterocycles. The van der Waals surface area contributed by atoms with Crippen LogP contribution in [0.3, 0.4) is 0 Å². The van der Waals surface area contributed by atoms with Crippen LogP contribution >= 0.6 is 12.6 Å². The SMILES string of the molecule is CCc1ccc(/C=C2\C(=O)NC(S)S2=O)cc1. The lowest BCUT2D eigenvalue weighted by molar-refractivity contribution is -0.116. The number of carbonyl (C=O) groups is 1. The first-order valence-corrected chi connectivity index (χ1v) is 7.05. The third kappa shape index (κ3) is 2.61. The van der Waals surface area contributed by atoms with E-state index in [1.165, 1.54) is 5.56 Å². The Morgan fingerprint density at radius 1 is 1.41 bits per heavy atom. The average Bonchev–Trinajstić information content (AvgIpc) is 2.57. The molecule has 17 heavy (non-hydrogen) atoms. The molecule has 1 fully saturated rings. The minimum Gasteiger partial charge on any atom is -0.329 e. The molecule has 1 N–H and O–H groups in total. The van der Waals surface area contributed by atoms with Gasteiger partial charge in [-0.25, -0.2) is 0 Å². The highest BCUT2D eigenvalue weighted by Gasteiger charge is 2.31. The van der Waals surface area contributed by atoms with E-state index >= 15 is 0 Å². The summed E-state index contributed by atoms with van der Waals surface area (Å²) in [7, 11) is -1.38.